The summed E-state index contributed by atoms with van der Waals surface area (Å²) in [5, 5.41) is 5.34. The molecule has 2 heterocycles. The van der Waals surface area contributed by atoms with Crippen LogP contribution < -0.4 is 5.73 Å². The molecule has 0 spiro atoms. The molecule has 0 aliphatic heterocycles. The smallest absolute Gasteiger partial charge is 0.270 e. The van der Waals surface area contributed by atoms with E-state index in [1.165, 1.54) is 30.7 Å². The summed E-state index contributed by atoms with van der Waals surface area (Å²) >= 11 is 1.70. The highest BCUT2D eigenvalue weighted by atomic mass is 32.1. The quantitative estimate of drug-likeness (QED) is 0.767. The third-order valence-electron chi connectivity index (χ3n) is 4.59. The topological polar surface area (TPSA) is 77.8 Å². The second-order valence-electron chi connectivity index (χ2n) is 6.27. The van der Waals surface area contributed by atoms with Crippen LogP contribution >= 0.6 is 11.3 Å². The maximum atomic E-state index is 5.63. The summed E-state index contributed by atoms with van der Waals surface area (Å²) in [6, 6.07) is 7.92. The standard InChI is InChI=1S/C18H20N4OS/c1-11-15(24-18(20-11)14-4-2-3-5-14)17-21-16(22-23-17)13-8-6-12(10-19)7-9-13/h6-9,14H,2-5,10,19H2,1H3. The van der Waals surface area contributed by atoms with E-state index in [0.717, 1.165) is 21.7 Å². The van der Waals surface area contributed by atoms with E-state index in [-0.39, 0.29) is 0 Å². The molecule has 2 aromatic heterocycles. The normalized spacial score (nSPS) is 15.2. The van der Waals surface area contributed by atoms with E-state index in [2.05, 4.69) is 10.1 Å². The monoisotopic (exact) mass is 340 g/mol. The van der Waals surface area contributed by atoms with Crippen LogP contribution in [0.4, 0.5) is 0 Å². The average Bonchev–Trinajstić information content (AvgIpc) is 3.35. The first kappa shape index (κ1) is 15.5. The second kappa shape index (κ2) is 6.45. The Kier molecular flexibility index (Phi) is 4.16. The molecule has 2 N–H and O–H groups in total. The lowest BCUT2D eigenvalue weighted by molar-refractivity contribution is 0.433. The van der Waals surface area contributed by atoms with Crippen LogP contribution in [-0.4, -0.2) is 15.1 Å². The van der Waals surface area contributed by atoms with E-state index in [1.54, 1.807) is 11.3 Å². The van der Waals surface area contributed by atoms with Crippen LogP contribution in [0.2, 0.25) is 0 Å². The molecule has 0 amide bonds. The van der Waals surface area contributed by atoms with Crippen molar-refractivity contribution in [3.8, 4) is 22.2 Å². The van der Waals surface area contributed by atoms with Crippen LogP contribution in [0.25, 0.3) is 22.2 Å². The number of aromatic nitrogens is 3. The number of nitrogens with two attached hydrogens (primary N) is 1. The lowest BCUT2D eigenvalue weighted by Gasteiger charge is -2.01. The first-order chi connectivity index (χ1) is 11.7. The number of hydrogen-bond acceptors (Lipinski definition) is 6. The molecule has 6 heteroatoms. The van der Waals surface area contributed by atoms with Crippen LogP contribution in [0.5, 0.6) is 0 Å². The van der Waals surface area contributed by atoms with Gasteiger partial charge < -0.3 is 10.3 Å². The molecule has 0 bridgehead atoms. The summed E-state index contributed by atoms with van der Waals surface area (Å²) in [6.07, 6.45) is 5.11. The molecule has 0 radical (unpaired) electrons. The van der Waals surface area contributed by atoms with Gasteiger partial charge in [-0.15, -0.1) is 11.3 Å². The fraction of sp³-hybridized carbons (Fsp3) is 0.389. The lowest BCUT2D eigenvalue weighted by atomic mass is 10.1. The van der Waals surface area contributed by atoms with E-state index in [9.17, 15) is 0 Å². The molecule has 24 heavy (non-hydrogen) atoms. The third kappa shape index (κ3) is 2.87. The molecule has 124 valence electrons. The maximum Gasteiger partial charge on any atom is 0.270 e. The molecule has 1 aromatic carbocycles. The lowest BCUT2D eigenvalue weighted by Crippen LogP contribution is -1.95. The van der Waals surface area contributed by atoms with Gasteiger partial charge in [0.05, 0.1) is 10.7 Å². The van der Waals surface area contributed by atoms with Crippen molar-refractivity contribution in [3.05, 3.63) is 40.5 Å². The van der Waals surface area contributed by atoms with Gasteiger partial charge in [-0.2, -0.15) is 4.98 Å². The molecule has 0 unspecified atom stereocenters. The van der Waals surface area contributed by atoms with Crippen molar-refractivity contribution in [2.45, 2.75) is 45.1 Å². The number of nitrogens with zero attached hydrogens (tertiary/aromatic N) is 3. The summed E-state index contributed by atoms with van der Waals surface area (Å²) in [5.41, 5.74) is 8.63. The predicted molar refractivity (Wildman–Crippen MR) is 94.7 cm³/mol. The van der Waals surface area contributed by atoms with Gasteiger partial charge in [-0.25, -0.2) is 4.98 Å². The van der Waals surface area contributed by atoms with Crippen molar-refractivity contribution >= 4 is 11.3 Å². The van der Waals surface area contributed by atoms with Crippen molar-refractivity contribution in [2.24, 2.45) is 5.73 Å². The fourth-order valence-electron chi connectivity index (χ4n) is 3.19. The SMILES string of the molecule is Cc1nc(C2CCCC2)sc1-c1nc(-c2ccc(CN)cc2)no1. The Morgan fingerprint density at radius 3 is 2.62 bits per heavy atom. The highest BCUT2D eigenvalue weighted by Crippen LogP contribution is 2.40. The van der Waals surface area contributed by atoms with Crippen LogP contribution in [0.1, 0.15) is 47.9 Å². The Bertz CT molecular complexity index is 831. The minimum absolute atomic E-state index is 0.530. The first-order valence-corrected chi connectivity index (χ1v) is 9.17. The van der Waals surface area contributed by atoms with Gasteiger partial charge in [-0.1, -0.05) is 42.3 Å². The van der Waals surface area contributed by atoms with E-state index in [4.69, 9.17) is 15.2 Å². The highest BCUT2D eigenvalue weighted by Gasteiger charge is 2.24. The second-order valence-corrected chi connectivity index (χ2v) is 7.30. The maximum absolute atomic E-state index is 5.63. The number of hydrogen-bond donors (Lipinski definition) is 1. The number of benzene rings is 1. The molecule has 1 saturated carbocycles. The van der Waals surface area contributed by atoms with Crippen LogP contribution in [0.15, 0.2) is 28.8 Å². The number of thiazole rings is 1. The zero-order chi connectivity index (χ0) is 16.5. The predicted octanol–water partition coefficient (Wildman–Crippen LogP) is 4.28. The van der Waals surface area contributed by atoms with Gasteiger partial charge in [0.1, 0.15) is 4.88 Å². The van der Waals surface area contributed by atoms with Crippen LogP contribution in [0.3, 0.4) is 0 Å². The summed E-state index contributed by atoms with van der Waals surface area (Å²) < 4.78 is 5.50. The van der Waals surface area contributed by atoms with E-state index in [1.807, 2.05) is 31.2 Å². The summed E-state index contributed by atoms with van der Waals surface area (Å²) in [5.74, 6) is 1.77. The molecule has 4 rings (SSSR count). The molecular weight excluding hydrogens is 320 g/mol. The Hall–Kier alpha value is -2.05. The van der Waals surface area contributed by atoms with Gasteiger partial charge in [-0.3, -0.25) is 0 Å². The number of rotatable bonds is 4. The van der Waals surface area contributed by atoms with Gasteiger partial charge in [0.25, 0.3) is 5.89 Å². The molecule has 1 aliphatic carbocycles. The molecule has 0 saturated heterocycles. The van der Waals surface area contributed by atoms with E-state index < -0.39 is 0 Å². The van der Waals surface area contributed by atoms with Gasteiger partial charge in [0.15, 0.2) is 0 Å². The van der Waals surface area contributed by atoms with Crippen molar-refractivity contribution in [1.82, 2.24) is 15.1 Å². The van der Waals surface area contributed by atoms with Gasteiger partial charge in [-0.05, 0) is 25.3 Å². The molecule has 1 aliphatic rings. The zero-order valence-corrected chi connectivity index (χ0v) is 14.5. The molecule has 1 fully saturated rings. The Morgan fingerprint density at radius 1 is 1.17 bits per heavy atom. The molecule has 3 aromatic rings. The highest BCUT2D eigenvalue weighted by molar-refractivity contribution is 7.15. The molecule has 5 nitrogen and oxygen atoms in total. The summed E-state index contributed by atoms with van der Waals surface area (Å²) in [7, 11) is 0. The largest absolute Gasteiger partial charge is 0.333 e. The van der Waals surface area contributed by atoms with Crippen molar-refractivity contribution in [1.29, 1.82) is 0 Å². The fourth-order valence-corrected chi connectivity index (χ4v) is 4.34. The zero-order valence-electron chi connectivity index (χ0n) is 13.7. The van der Waals surface area contributed by atoms with Crippen molar-refractivity contribution in [3.63, 3.8) is 0 Å². The minimum atomic E-state index is 0.530. The van der Waals surface area contributed by atoms with E-state index >= 15 is 0 Å². The summed E-state index contributed by atoms with van der Waals surface area (Å²) in [4.78, 5) is 10.3. The summed E-state index contributed by atoms with van der Waals surface area (Å²) in [6.45, 7) is 2.55. The van der Waals surface area contributed by atoms with Crippen LogP contribution in [0, 0.1) is 6.92 Å². The van der Waals surface area contributed by atoms with Gasteiger partial charge in [0, 0.05) is 18.0 Å². The van der Waals surface area contributed by atoms with Crippen molar-refractivity contribution < 1.29 is 4.52 Å². The molecular formula is C18H20N4OS. The van der Waals surface area contributed by atoms with Gasteiger partial charge in [0.2, 0.25) is 5.82 Å². The Balaban J connectivity index is 1.62. The Morgan fingerprint density at radius 2 is 1.92 bits per heavy atom. The van der Waals surface area contributed by atoms with Crippen LogP contribution in [-0.2, 0) is 6.54 Å². The molecule has 0 atom stereocenters. The van der Waals surface area contributed by atoms with E-state index in [0.29, 0.717) is 24.2 Å². The minimum Gasteiger partial charge on any atom is -0.333 e. The average molecular weight is 340 g/mol. The third-order valence-corrected chi connectivity index (χ3v) is 5.89. The van der Waals surface area contributed by atoms with Gasteiger partial charge >= 0.3 is 0 Å². The first-order valence-electron chi connectivity index (χ1n) is 8.35. The van der Waals surface area contributed by atoms with Crippen molar-refractivity contribution in [2.75, 3.05) is 0 Å². The number of aryl methyl sites for hydroxylation is 1. The Labute approximate surface area is 144 Å².